The molecule has 4 N–H and O–H groups in total. The molecule has 3 aliphatic rings. The van der Waals surface area contributed by atoms with Gasteiger partial charge in [0, 0.05) is 49.6 Å². The Hall–Kier alpha value is -3.37. The van der Waals surface area contributed by atoms with Crippen LogP contribution in [0.25, 0.3) is 11.3 Å². The zero-order valence-corrected chi connectivity index (χ0v) is 25.2. The fourth-order valence-corrected chi connectivity index (χ4v) is 6.20. The predicted molar refractivity (Wildman–Crippen MR) is 162 cm³/mol. The largest absolute Gasteiger partial charge is 0.381 e. The molecular formula is C30H39ClN10O2. The van der Waals surface area contributed by atoms with Crippen molar-refractivity contribution in [3.8, 4) is 17.3 Å². The Morgan fingerprint density at radius 3 is 2.65 bits per heavy atom. The van der Waals surface area contributed by atoms with Crippen molar-refractivity contribution in [2.45, 2.75) is 82.0 Å². The van der Waals surface area contributed by atoms with Crippen molar-refractivity contribution in [1.82, 2.24) is 35.9 Å². The molecule has 228 valence electrons. The van der Waals surface area contributed by atoms with E-state index in [1.807, 2.05) is 24.3 Å². The number of anilines is 2. The minimum absolute atomic E-state index is 0.235. The summed E-state index contributed by atoms with van der Waals surface area (Å²) in [5.74, 6) is 2.16. The van der Waals surface area contributed by atoms with Gasteiger partial charge in [-0.1, -0.05) is 22.9 Å². The fraction of sp³-hybridized carbons (Fsp3) is 0.600. The van der Waals surface area contributed by atoms with Gasteiger partial charge < -0.3 is 25.4 Å². The second-order valence-electron chi connectivity index (χ2n) is 12.1. The average molecular weight is 607 g/mol. The number of nitrogens with zero attached hydrogens (tertiary/aromatic N) is 6. The Bertz CT molecular complexity index is 1400. The fourth-order valence-electron chi connectivity index (χ4n) is 6.00. The highest BCUT2D eigenvalue weighted by Gasteiger charge is 2.50. The number of aromatic nitrogens is 6. The molecule has 2 aliphatic carbocycles. The maximum absolute atomic E-state index is 9.77. The maximum Gasteiger partial charge on any atom is 0.206 e. The van der Waals surface area contributed by atoms with Gasteiger partial charge in [0.05, 0.1) is 28.8 Å². The molecule has 1 atom stereocenters. The maximum atomic E-state index is 9.77. The first-order chi connectivity index (χ1) is 21.0. The SMILES string of the molecule is CC(COC1(c2nn[nH]n2)CC1)N[C@H]1CC[C@H](Nc2cc(-c3cccc(NCC4(C#N)CCOCC4)n3)c(Cl)cn2)CC1. The highest BCUT2D eigenvalue weighted by atomic mass is 35.5. The van der Waals surface area contributed by atoms with Crippen LogP contribution in [0.1, 0.15) is 64.1 Å². The van der Waals surface area contributed by atoms with Crippen molar-refractivity contribution in [2.24, 2.45) is 5.41 Å². The quantitative estimate of drug-likeness (QED) is 0.231. The van der Waals surface area contributed by atoms with Gasteiger partial charge in [0.15, 0.2) is 0 Å². The molecule has 6 rings (SSSR count). The van der Waals surface area contributed by atoms with Crippen molar-refractivity contribution in [1.29, 1.82) is 5.26 Å². The average Bonchev–Trinajstić information content (AvgIpc) is 3.62. The van der Waals surface area contributed by atoms with E-state index in [1.165, 1.54) is 0 Å². The van der Waals surface area contributed by atoms with Gasteiger partial charge >= 0.3 is 0 Å². The molecule has 1 aliphatic heterocycles. The number of hydrogen-bond acceptors (Lipinski definition) is 11. The van der Waals surface area contributed by atoms with E-state index in [9.17, 15) is 5.26 Å². The standard InChI is InChI=1S/C30H39ClN10O2/c1-20(17-43-30(9-10-30)28-38-40-41-39-28)35-21-5-7-22(8-6-21)36-27-15-23(24(31)16-33-27)25-3-2-4-26(37-25)34-19-29(18-32)11-13-42-14-12-29/h2-4,15-16,20-22,35H,5-14,17,19H2,1H3,(H,33,36)(H,34,37)(H,38,39,40,41)/t20?,21-,22-. The Morgan fingerprint density at radius 1 is 1.14 bits per heavy atom. The monoisotopic (exact) mass is 606 g/mol. The Morgan fingerprint density at radius 2 is 1.93 bits per heavy atom. The first kappa shape index (κ1) is 29.7. The number of H-pyrrole nitrogens is 1. The van der Waals surface area contributed by atoms with Gasteiger partial charge in [-0.25, -0.2) is 9.97 Å². The van der Waals surface area contributed by atoms with Crippen molar-refractivity contribution >= 4 is 23.2 Å². The zero-order valence-electron chi connectivity index (χ0n) is 24.5. The summed E-state index contributed by atoms with van der Waals surface area (Å²) in [6.07, 6.45) is 9.23. The van der Waals surface area contributed by atoms with Gasteiger partial charge in [0.2, 0.25) is 5.82 Å². The van der Waals surface area contributed by atoms with Gasteiger partial charge in [-0.2, -0.15) is 10.5 Å². The molecule has 13 heteroatoms. The Labute approximate surface area is 256 Å². The Kier molecular flexibility index (Phi) is 9.04. The minimum Gasteiger partial charge on any atom is -0.381 e. The van der Waals surface area contributed by atoms with Crippen LogP contribution in [0.3, 0.4) is 0 Å². The zero-order chi connectivity index (χ0) is 29.7. The minimum atomic E-state index is -0.433. The molecule has 1 saturated heterocycles. The van der Waals surface area contributed by atoms with Gasteiger partial charge in [-0.3, -0.25) is 0 Å². The van der Waals surface area contributed by atoms with E-state index in [0.717, 1.165) is 68.4 Å². The van der Waals surface area contributed by atoms with Crippen molar-refractivity contribution in [3.05, 3.63) is 41.3 Å². The molecule has 43 heavy (non-hydrogen) atoms. The van der Waals surface area contributed by atoms with Crippen LogP contribution in [0, 0.1) is 16.7 Å². The molecule has 0 amide bonds. The lowest BCUT2D eigenvalue weighted by molar-refractivity contribution is 0.0105. The van der Waals surface area contributed by atoms with Crippen LogP contribution < -0.4 is 16.0 Å². The second kappa shape index (κ2) is 13.1. The normalized spacial score (nSPS) is 23.2. The van der Waals surface area contributed by atoms with Crippen molar-refractivity contribution < 1.29 is 9.47 Å². The summed E-state index contributed by atoms with van der Waals surface area (Å²) < 4.78 is 11.7. The number of nitrogens with one attached hydrogen (secondary N) is 4. The second-order valence-corrected chi connectivity index (χ2v) is 12.5. The van der Waals surface area contributed by atoms with Crippen molar-refractivity contribution in [3.63, 3.8) is 0 Å². The summed E-state index contributed by atoms with van der Waals surface area (Å²) in [5, 5.41) is 35.5. The van der Waals surface area contributed by atoms with Gasteiger partial charge in [-0.05, 0) is 76.5 Å². The van der Waals surface area contributed by atoms with Gasteiger partial charge in [0.25, 0.3) is 0 Å². The van der Waals surface area contributed by atoms with Crippen molar-refractivity contribution in [2.75, 3.05) is 37.0 Å². The molecule has 2 saturated carbocycles. The number of halogens is 1. The molecule has 3 fully saturated rings. The lowest BCUT2D eigenvalue weighted by Crippen LogP contribution is -2.43. The molecule has 0 aromatic carbocycles. The number of ether oxygens (including phenoxy) is 2. The molecule has 0 bridgehead atoms. The first-order valence-corrected chi connectivity index (χ1v) is 15.6. The molecule has 4 heterocycles. The van der Waals surface area contributed by atoms with E-state index < -0.39 is 5.41 Å². The molecule has 12 nitrogen and oxygen atoms in total. The molecule has 0 spiro atoms. The molecule has 1 unspecified atom stereocenters. The highest BCUT2D eigenvalue weighted by molar-refractivity contribution is 6.33. The number of aromatic amines is 1. The van der Waals surface area contributed by atoms with Crippen LogP contribution >= 0.6 is 11.6 Å². The number of rotatable bonds is 12. The van der Waals surface area contributed by atoms with E-state index >= 15 is 0 Å². The highest BCUT2D eigenvalue weighted by Crippen LogP contribution is 2.47. The molecular weight excluding hydrogens is 568 g/mol. The van der Waals surface area contributed by atoms with Gasteiger partial charge in [0.1, 0.15) is 17.2 Å². The lowest BCUT2D eigenvalue weighted by Gasteiger charge is -2.32. The number of hydrogen-bond donors (Lipinski definition) is 4. The van der Waals surface area contributed by atoms with Crippen LogP contribution in [0.2, 0.25) is 5.02 Å². The first-order valence-electron chi connectivity index (χ1n) is 15.2. The van der Waals surface area contributed by atoms with Crippen LogP contribution in [0.4, 0.5) is 11.6 Å². The summed E-state index contributed by atoms with van der Waals surface area (Å²) in [5.41, 5.74) is 0.794. The van der Waals surface area contributed by atoms with Crippen LogP contribution in [-0.2, 0) is 15.1 Å². The van der Waals surface area contributed by atoms with E-state index in [2.05, 4.69) is 54.6 Å². The predicted octanol–water partition coefficient (Wildman–Crippen LogP) is 4.45. The Balaban J connectivity index is 0.994. The van der Waals surface area contributed by atoms with Crippen LogP contribution in [-0.4, -0.2) is 75.1 Å². The third-order valence-electron chi connectivity index (χ3n) is 8.84. The third kappa shape index (κ3) is 7.24. The summed E-state index contributed by atoms with van der Waals surface area (Å²) in [4.78, 5) is 9.36. The number of tetrazole rings is 1. The number of nitriles is 1. The molecule has 3 aromatic rings. The smallest absolute Gasteiger partial charge is 0.206 e. The van der Waals surface area contributed by atoms with E-state index in [-0.39, 0.29) is 11.6 Å². The summed E-state index contributed by atoms with van der Waals surface area (Å²) in [6.45, 7) is 4.54. The number of pyridine rings is 2. The van der Waals surface area contributed by atoms with Gasteiger partial charge in [-0.15, -0.1) is 10.2 Å². The van der Waals surface area contributed by atoms with Crippen LogP contribution in [0.15, 0.2) is 30.5 Å². The van der Waals surface area contributed by atoms with E-state index in [0.29, 0.717) is 55.1 Å². The van der Waals surface area contributed by atoms with E-state index in [4.69, 9.17) is 26.1 Å². The third-order valence-corrected chi connectivity index (χ3v) is 9.14. The lowest BCUT2D eigenvalue weighted by atomic mass is 9.82. The topological polar surface area (TPSA) is 159 Å². The summed E-state index contributed by atoms with van der Waals surface area (Å²) in [6, 6.07) is 11.3. The van der Waals surface area contributed by atoms with Crippen LogP contribution in [0.5, 0.6) is 0 Å². The molecule has 0 radical (unpaired) electrons. The summed E-state index contributed by atoms with van der Waals surface area (Å²) in [7, 11) is 0. The summed E-state index contributed by atoms with van der Waals surface area (Å²) >= 11 is 6.59. The molecule has 3 aromatic heterocycles. The van der Waals surface area contributed by atoms with E-state index in [1.54, 1.807) is 6.20 Å².